The number of aryl methyl sites for hydroxylation is 1. The first-order valence-electron chi connectivity index (χ1n) is 4.24. The zero-order valence-corrected chi connectivity index (χ0v) is 7.13. The van der Waals surface area contributed by atoms with Crippen molar-refractivity contribution in [2.24, 2.45) is 5.90 Å². The Morgan fingerprint density at radius 3 is 3.17 bits per heavy atom. The van der Waals surface area contributed by atoms with Crippen LogP contribution in [0.15, 0.2) is 0 Å². The van der Waals surface area contributed by atoms with E-state index in [-0.39, 0.29) is 6.10 Å². The molecule has 0 radical (unpaired) electrons. The molecule has 1 unspecified atom stereocenters. The summed E-state index contributed by atoms with van der Waals surface area (Å²) in [5, 5.41) is 7.19. The summed E-state index contributed by atoms with van der Waals surface area (Å²) in [6.45, 7) is 1.91. The maximum Gasteiger partial charge on any atom is 0.120 e. The van der Waals surface area contributed by atoms with E-state index in [4.69, 9.17) is 10.7 Å². The molecule has 0 aliphatic heterocycles. The Balaban J connectivity index is 2.33. The quantitative estimate of drug-likeness (QED) is 0.642. The summed E-state index contributed by atoms with van der Waals surface area (Å²) in [6.07, 6.45) is 3.34. The van der Waals surface area contributed by atoms with Crippen LogP contribution >= 0.6 is 0 Å². The van der Waals surface area contributed by atoms with Crippen LogP contribution in [0.2, 0.25) is 0 Å². The predicted molar refractivity (Wildman–Crippen MR) is 44.3 cm³/mol. The molecule has 0 bridgehead atoms. The number of aromatic amines is 1. The van der Waals surface area contributed by atoms with Gasteiger partial charge in [0.2, 0.25) is 0 Å². The van der Waals surface area contributed by atoms with E-state index < -0.39 is 0 Å². The number of hydrogen-bond acceptors (Lipinski definition) is 3. The highest BCUT2D eigenvalue weighted by atomic mass is 16.6. The number of aromatic nitrogens is 2. The van der Waals surface area contributed by atoms with E-state index in [0.717, 1.165) is 18.5 Å². The van der Waals surface area contributed by atoms with Gasteiger partial charge in [-0.3, -0.25) is 9.94 Å². The highest BCUT2D eigenvalue weighted by molar-refractivity contribution is 5.30. The predicted octanol–water partition coefficient (Wildman–Crippen LogP) is 0.850. The van der Waals surface area contributed by atoms with Crippen molar-refractivity contribution < 1.29 is 4.84 Å². The maximum absolute atomic E-state index is 5.10. The Bertz CT molecular complexity index is 282. The third kappa shape index (κ3) is 1.04. The van der Waals surface area contributed by atoms with Crippen LogP contribution in [0.5, 0.6) is 0 Å². The smallest absolute Gasteiger partial charge is 0.120 e. The molecule has 1 aromatic rings. The second kappa shape index (κ2) is 2.88. The van der Waals surface area contributed by atoms with Gasteiger partial charge in [-0.05, 0) is 31.7 Å². The van der Waals surface area contributed by atoms with Gasteiger partial charge in [-0.25, -0.2) is 5.90 Å². The third-order valence-corrected chi connectivity index (χ3v) is 2.43. The number of nitrogens with one attached hydrogen (secondary N) is 1. The van der Waals surface area contributed by atoms with Crippen LogP contribution in [-0.4, -0.2) is 10.2 Å². The maximum atomic E-state index is 5.10. The van der Waals surface area contributed by atoms with Crippen molar-refractivity contribution in [2.45, 2.75) is 32.3 Å². The Kier molecular flexibility index (Phi) is 1.86. The van der Waals surface area contributed by atoms with Gasteiger partial charge in [0.15, 0.2) is 0 Å². The molecule has 1 aliphatic rings. The fourth-order valence-electron chi connectivity index (χ4n) is 1.75. The molecule has 1 aromatic heterocycles. The SMILES string of the molecule is CC(ON)c1n[nH]c2c1CCC2. The Hall–Kier alpha value is -0.870. The summed E-state index contributed by atoms with van der Waals surface area (Å²) in [6, 6.07) is 0. The topological polar surface area (TPSA) is 63.9 Å². The van der Waals surface area contributed by atoms with E-state index in [2.05, 4.69) is 10.2 Å². The Labute approximate surface area is 71.1 Å². The van der Waals surface area contributed by atoms with E-state index in [0.29, 0.717) is 0 Å². The molecule has 12 heavy (non-hydrogen) atoms. The highest BCUT2D eigenvalue weighted by Crippen LogP contribution is 2.27. The van der Waals surface area contributed by atoms with Gasteiger partial charge in [0.05, 0.1) is 5.69 Å². The molecule has 1 aliphatic carbocycles. The van der Waals surface area contributed by atoms with Gasteiger partial charge in [-0.2, -0.15) is 5.10 Å². The average Bonchev–Trinajstić information content (AvgIpc) is 2.62. The standard InChI is InChI=1S/C8H13N3O/c1-5(12-9)8-6-3-2-4-7(6)10-11-8/h5H,2-4,9H2,1H3,(H,10,11). The zero-order chi connectivity index (χ0) is 8.55. The van der Waals surface area contributed by atoms with Crippen LogP contribution in [0.3, 0.4) is 0 Å². The van der Waals surface area contributed by atoms with Crippen molar-refractivity contribution in [1.82, 2.24) is 10.2 Å². The van der Waals surface area contributed by atoms with Crippen molar-refractivity contribution >= 4 is 0 Å². The molecule has 2 rings (SSSR count). The van der Waals surface area contributed by atoms with E-state index in [1.807, 2.05) is 6.92 Å². The zero-order valence-electron chi connectivity index (χ0n) is 7.13. The van der Waals surface area contributed by atoms with Gasteiger partial charge >= 0.3 is 0 Å². The monoisotopic (exact) mass is 167 g/mol. The second-order valence-electron chi connectivity index (χ2n) is 3.20. The van der Waals surface area contributed by atoms with E-state index in [1.54, 1.807) is 0 Å². The van der Waals surface area contributed by atoms with Crippen molar-refractivity contribution in [1.29, 1.82) is 0 Å². The third-order valence-electron chi connectivity index (χ3n) is 2.43. The molecular weight excluding hydrogens is 154 g/mol. The fourth-order valence-corrected chi connectivity index (χ4v) is 1.75. The van der Waals surface area contributed by atoms with Crippen LogP contribution < -0.4 is 5.90 Å². The van der Waals surface area contributed by atoms with E-state index in [9.17, 15) is 0 Å². The number of rotatable bonds is 2. The van der Waals surface area contributed by atoms with Crippen LogP contribution in [0.4, 0.5) is 0 Å². The first-order chi connectivity index (χ1) is 5.83. The lowest BCUT2D eigenvalue weighted by molar-refractivity contribution is 0.0628. The lowest BCUT2D eigenvalue weighted by Gasteiger charge is -2.05. The first kappa shape index (κ1) is 7.76. The van der Waals surface area contributed by atoms with Crippen molar-refractivity contribution in [3.05, 3.63) is 17.0 Å². The normalized spacial score (nSPS) is 17.8. The minimum absolute atomic E-state index is 0.0944. The number of hydrogen-bond donors (Lipinski definition) is 2. The molecule has 4 nitrogen and oxygen atoms in total. The summed E-state index contributed by atoms with van der Waals surface area (Å²) in [5.74, 6) is 5.10. The average molecular weight is 167 g/mol. The Morgan fingerprint density at radius 2 is 2.42 bits per heavy atom. The summed E-state index contributed by atoms with van der Waals surface area (Å²) >= 11 is 0. The van der Waals surface area contributed by atoms with E-state index >= 15 is 0 Å². The number of nitrogens with two attached hydrogens (primary N) is 1. The lowest BCUT2D eigenvalue weighted by atomic mass is 10.1. The molecule has 0 fully saturated rings. The van der Waals surface area contributed by atoms with Gasteiger partial charge in [0, 0.05) is 5.69 Å². The van der Waals surface area contributed by atoms with Gasteiger partial charge in [0.25, 0.3) is 0 Å². The molecule has 0 amide bonds. The summed E-state index contributed by atoms with van der Waals surface area (Å²) in [7, 11) is 0. The van der Waals surface area contributed by atoms with Crippen LogP contribution in [-0.2, 0) is 17.7 Å². The van der Waals surface area contributed by atoms with Crippen LogP contribution in [0.25, 0.3) is 0 Å². The van der Waals surface area contributed by atoms with Crippen molar-refractivity contribution in [3.63, 3.8) is 0 Å². The Morgan fingerprint density at radius 1 is 1.58 bits per heavy atom. The minimum Gasteiger partial charge on any atom is -0.295 e. The van der Waals surface area contributed by atoms with Gasteiger partial charge in [-0.1, -0.05) is 0 Å². The van der Waals surface area contributed by atoms with Crippen molar-refractivity contribution in [3.8, 4) is 0 Å². The van der Waals surface area contributed by atoms with E-state index in [1.165, 1.54) is 17.7 Å². The number of H-pyrrole nitrogens is 1. The molecule has 0 aromatic carbocycles. The molecule has 0 saturated heterocycles. The second-order valence-corrected chi connectivity index (χ2v) is 3.20. The molecular formula is C8H13N3O. The van der Waals surface area contributed by atoms with Crippen molar-refractivity contribution in [2.75, 3.05) is 0 Å². The molecule has 4 heteroatoms. The molecule has 0 spiro atoms. The van der Waals surface area contributed by atoms with Gasteiger partial charge in [-0.15, -0.1) is 0 Å². The number of fused-ring (bicyclic) bond motifs is 1. The molecule has 0 saturated carbocycles. The fraction of sp³-hybridized carbons (Fsp3) is 0.625. The minimum atomic E-state index is -0.0944. The molecule has 1 heterocycles. The van der Waals surface area contributed by atoms with Gasteiger partial charge in [0.1, 0.15) is 6.10 Å². The summed E-state index contributed by atoms with van der Waals surface area (Å²) in [5.41, 5.74) is 3.55. The largest absolute Gasteiger partial charge is 0.295 e. The van der Waals surface area contributed by atoms with Crippen LogP contribution in [0, 0.1) is 0 Å². The molecule has 3 N–H and O–H groups in total. The lowest BCUT2D eigenvalue weighted by Crippen LogP contribution is -2.07. The molecule has 66 valence electrons. The first-order valence-corrected chi connectivity index (χ1v) is 4.24. The van der Waals surface area contributed by atoms with Crippen LogP contribution in [0.1, 0.15) is 36.4 Å². The van der Waals surface area contributed by atoms with Gasteiger partial charge < -0.3 is 0 Å². The highest BCUT2D eigenvalue weighted by Gasteiger charge is 2.21. The number of nitrogens with zero attached hydrogens (tertiary/aromatic N) is 1. The molecule has 1 atom stereocenters. The summed E-state index contributed by atoms with van der Waals surface area (Å²) in [4.78, 5) is 4.74. The summed E-state index contributed by atoms with van der Waals surface area (Å²) < 4.78 is 0.